The van der Waals surface area contributed by atoms with Gasteiger partial charge in [0.15, 0.2) is 0 Å². The smallest absolute Gasteiger partial charge is 0.303 e. The Morgan fingerprint density at radius 3 is 3.00 bits per heavy atom. The van der Waals surface area contributed by atoms with Crippen molar-refractivity contribution >= 4 is 5.65 Å². The molecule has 0 aliphatic heterocycles. The van der Waals surface area contributed by atoms with Crippen molar-refractivity contribution in [2.24, 2.45) is 7.05 Å². The molecule has 0 bridgehead atoms. The second-order valence-corrected chi connectivity index (χ2v) is 2.82. The summed E-state index contributed by atoms with van der Waals surface area (Å²) >= 11 is 0. The fraction of sp³-hybridized carbons (Fsp3) is 0.250. The van der Waals surface area contributed by atoms with Crippen LogP contribution in [0.3, 0.4) is 0 Å². The molecular weight excluding hydrogens is 154 g/mol. The molecule has 4 heteroatoms. The van der Waals surface area contributed by atoms with Crippen LogP contribution in [0.25, 0.3) is 5.65 Å². The molecule has 2 heterocycles. The van der Waals surface area contributed by atoms with Crippen molar-refractivity contribution in [1.82, 2.24) is 14.0 Å². The largest absolute Gasteiger partial charge is 0.333 e. The predicted octanol–water partition coefficient (Wildman–Crippen LogP) is 0.341. The fourth-order valence-corrected chi connectivity index (χ4v) is 1.20. The summed E-state index contributed by atoms with van der Waals surface area (Å²) in [5, 5.41) is 0. The normalized spacial score (nSPS) is 10.8. The molecule has 12 heavy (non-hydrogen) atoms. The van der Waals surface area contributed by atoms with Crippen molar-refractivity contribution in [3.05, 3.63) is 34.6 Å². The Kier molecular flexibility index (Phi) is 1.30. The van der Waals surface area contributed by atoms with Gasteiger partial charge in [-0.05, 0) is 13.0 Å². The van der Waals surface area contributed by atoms with Crippen LogP contribution in [-0.2, 0) is 7.05 Å². The van der Waals surface area contributed by atoms with Crippen molar-refractivity contribution in [1.29, 1.82) is 0 Å². The zero-order valence-electron chi connectivity index (χ0n) is 6.98. The average Bonchev–Trinajstić information content (AvgIpc) is 2.39. The van der Waals surface area contributed by atoms with Gasteiger partial charge in [-0.3, -0.25) is 4.40 Å². The highest BCUT2D eigenvalue weighted by Crippen LogP contribution is 1.98. The number of aryl methyl sites for hydroxylation is 2. The molecule has 0 aromatic carbocycles. The Balaban J connectivity index is 2.99. The van der Waals surface area contributed by atoms with Crippen molar-refractivity contribution < 1.29 is 0 Å². The van der Waals surface area contributed by atoms with Crippen LogP contribution in [0.15, 0.2) is 23.3 Å². The van der Waals surface area contributed by atoms with Gasteiger partial charge in [0.05, 0.1) is 5.69 Å². The quantitative estimate of drug-likeness (QED) is 0.562. The van der Waals surface area contributed by atoms with Gasteiger partial charge < -0.3 is 4.57 Å². The van der Waals surface area contributed by atoms with Crippen LogP contribution in [0.1, 0.15) is 5.69 Å². The van der Waals surface area contributed by atoms with E-state index in [4.69, 9.17) is 0 Å². The molecule has 2 aromatic heterocycles. The van der Waals surface area contributed by atoms with Crippen molar-refractivity contribution in [3.63, 3.8) is 0 Å². The topological polar surface area (TPSA) is 39.3 Å². The molecular formula is C8H9N3O. The van der Waals surface area contributed by atoms with E-state index in [1.807, 2.05) is 13.0 Å². The molecule has 0 spiro atoms. The van der Waals surface area contributed by atoms with E-state index in [2.05, 4.69) is 4.98 Å². The summed E-state index contributed by atoms with van der Waals surface area (Å²) in [5.41, 5.74) is 1.50. The standard InChI is InChI=1S/C8H9N3O/c1-6-5-11-7(9-6)3-4-10(2)8(11)12/h3-5H,1-2H3. The molecule has 0 fully saturated rings. The van der Waals surface area contributed by atoms with Crippen LogP contribution < -0.4 is 5.69 Å². The number of nitrogens with zero attached hydrogens (tertiary/aromatic N) is 3. The summed E-state index contributed by atoms with van der Waals surface area (Å²) < 4.78 is 3.06. The maximum absolute atomic E-state index is 11.4. The zero-order valence-corrected chi connectivity index (χ0v) is 6.98. The SMILES string of the molecule is Cc1cn2c(=O)n(C)ccc2n1. The Hall–Kier alpha value is -1.58. The maximum Gasteiger partial charge on any atom is 0.333 e. The molecule has 2 rings (SSSR count). The highest BCUT2D eigenvalue weighted by Gasteiger charge is 2.00. The summed E-state index contributed by atoms with van der Waals surface area (Å²) in [6.45, 7) is 1.87. The van der Waals surface area contributed by atoms with Crippen molar-refractivity contribution in [2.75, 3.05) is 0 Å². The molecule has 0 saturated heterocycles. The molecule has 0 atom stereocenters. The van der Waals surface area contributed by atoms with Crippen LogP contribution in [0.2, 0.25) is 0 Å². The second-order valence-electron chi connectivity index (χ2n) is 2.82. The fourth-order valence-electron chi connectivity index (χ4n) is 1.20. The Labute approximate surface area is 69.1 Å². The monoisotopic (exact) mass is 163 g/mol. The molecule has 0 N–H and O–H groups in total. The van der Waals surface area contributed by atoms with Gasteiger partial charge in [0.1, 0.15) is 5.65 Å². The third-order valence-corrected chi connectivity index (χ3v) is 1.81. The Bertz CT molecular complexity index is 480. The summed E-state index contributed by atoms with van der Waals surface area (Å²) in [4.78, 5) is 15.6. The molecule has 4 nitrogen and oxygen atoms in total. The third kappa shape index (κ3) is 0.845. The lowest BCUT2D eigenvalue weighted by Crippen LogP contribution is -2.22. The van der Waals surface area contributed by atoms with Gasteiger partial charge >= 0.3 is 5.69 Å². The molecule has 62 valence electrons. The number of aromatic nitrogens is 3. The minimum atomic E-state index is -0.0619. The number of fused-ring (bicyclic) bond motifs is 1. The van der Waals surface area contributed by atoms with Gasteiger partial charge in [-0.25, -0.2) is 9.78 Å². The van der Waals surface area contributed by atoms with E-state index < -0.39 is 0 Å². The van der Waals surface area contributed by atoms with Gasteiger partial charge in [0.2, 0.25) is 0 Å². The maximum atomic E-state index is 11.4. The van der Waals surface area contributed by atoms with Gasteiger partial charge in [-0.1, -0.05) is 0 Å². The van der Waals surface area contributed by atoms with Crippen LogP contribution in [-0.4, -0.2) is 14.0 Å². The summed E-state index contributed by atoms with van der Waals surface area (Å²) in [7, 11) is 1.72. The van der Waals surface area contributed by atoms with Gasteiger partial charge in [-0.15, -0.1) is 0 Å². The van der Waals surface area contributed by atoms with Crippen LogP contribution >= 0.6 is 0 Å². The lowest BCUT2D eigenvalue weighted by molar-refractivity contribution is 0.789. The third-order valence-electron chi connectivity index (χ3n) is 1.81. The first-order valence-corrected chi connectivity index (χ1v) is 3.70. The summed E-state index contributed by atoms with van der Waals surface area (Å²) in [6, 6.07) is 1.81. The number of hydrogen-bond acceptors (Lipinski definition) is 2. The lowest BCUT2D eigenvalue weighted by atomic mass is 10.6. The summed E-state index contributed by atoms with van der Waals surface area (Å²) in [5.74, 6) is 0. The Morgan fingerprint density at radius 1 is 1.50 bits per heavy atom. The van der Waals surface area contributed by atoms with E-state index in [9.17, 15) is 4.79 Å². The first-order chi connectivity index (χ1) is 5.68. The highest BCUT2D eigenvalue weighted by atomic mass is 16.1. The van der Waals surface area contributed by atoms with Gasteiger partial charge in [0, 0.05) is 19.4 Å². The van der Waals surface area contributed by atoms with E-state index in [1.165, 1.54) is 8.97 Å². The van der Waals surface area contributed by atoms with Gasteiger partial charge in [0.25, 0.3) is 0 Å². The van der Waals surface area contributed by atoms with E-state index in [-0.39, 0.29) is 5.69 Å². The first kappa shape index (κ1) is 7.09. The predicted molar refractivity (Wildman–Crippen MR) is 45.2 cm³/mol. The number of rotatable bonds is 0. The number of hydrogen-bond donors (Lipinski definition) is 0. The molecule has 2 aromatic rings. The zero-order chi connectivity index (χ0) is 8.72. The van der Waals surface area contributed by atoms with Crippen LogP contribution in [0, 0.1) is 6.92 Å². The van der Waals surface area contributed by atoms with Gasteiger partial charge in [-0.2, -0.15) is 0 Å². The first-order valence-electron chi connectivity index (χ1n) is 3.70. The van der Waals surface area contributed by atoms with Crippen molar-refractivity contribution in [3.8, 4) is 0 Å². The average molecular weight is 163 g/mol. The van der Waals surface area contributed by atoms with E-state index in [0.29, 0.717) is 5.65 Å². The molecule has 0 radical (unpaired) electrons. The molecule has 0 saturated carbocycles. The van der Waals surface area contributed by atoms with Crippen LogP contribution in [0.5, 0.6) is 0 Å². The van der Waals surface area contributed by atoms with Crippen molar-refractivity contribution in [2.45, 2.75) is 6.92 Å². The van der Waals surface area contributed by atoms with E-state index in [1.54, 1.807) is 19.4 Å². The lowest BCUT2D eigenvalue weighted by Gasteiger charge is -1.95. The highest BCUT2D eigenvalue weighted by molar-refractivity contribution is 5.37. The minimum absolute atomic E-state index is 0.0619. The molecule has 0 unspecified atom stereocenters. The second kappa shape index (κ2) is 2.20. The molecule has 0 aliphatic rings. The van der Waals surface area contributed by atoms with E-state index in [0.717, 1.165) is 5.69 Å². The molecule has 0 aliphatic carbocycles. The number of imidazole rings is 1. The summed E-state index contributed by atoms with van der Waals surface area (Å²) in [6.07, 6.45) is 3.45. The Morgan fingerprint density at radius 2 is 2.25 bits per heavy atom. The van der Waals surface area contributed by atoms with Crippen LogP contribution in [0.4, 0.5) is 0 Å². The molecule has 0 amide bonds. The van der Waals surface area contributed by atoms with E-state index >= 15 is 0 Å². The minimum Gasteiger partial charge on any atom is -0.303 e.